The van der Waals surface area contributed by atoms with Crippen LogP contribution in [-0.2, 0) is 5.41 Å². The van der Waals surface area contributed by atoms with Gasteiger partial charge in [0.15, 0.2) is 11.4 Å². The van der Waals surface area contributed by atoms with Crippen LogP contribution in [0.3, 0.4) is 0 Å². The number of halogens is 1. The zero-order valence-electron chi connectivity index (χ0n) is 11.4. The van der Waals surface area contributed by atoms with Crippen molar-refractivity contribution in [3.8, 4) is 0 Å². The Bertz CT molecular complexity index is 787. The quantitative estimate of drug-likeness (QED) is 0.775. The minimum absolute atomic E-state index is 0.218. The number of aliphatic hydroxyl groups is 1. The van der Waals surface area contributed by atoms with E-state index >= 15 is 0 Å². The van der Waals surface area contributed by atoms with Gasteiger partial charge in [-0.1, -0.05) is 42.5 Å². The molecule has 1 unspecified atom stereocenters. The van der Waals surface area contributed by atoms with Gasteiger partial charge in [0.1, 0.15) is 11.9 Å². The van der Waals surface area contributed by atoms with E-state index < -0.39 is 11.9 Å². The monoisotopic (exact) mass is 282 g/mol. The van der Waals surface area contributed by atoms with Crippen LogP contribution in [0.4, 0.5) is 4.39 Å². The van der Waals surface area contributed by atoms with Crippen molar-refractivity contribution >= 4 is 11.0 Å². The summed E-state index contributed by atoms with van der Waals surface area (Å²) in [6.07, 6.45) is 1.08. The molecule has 21 heavy (non-hydrogen) atoms. The van der Waals surface area contributed by atoms with Gasteiger partial charge < -0.3 is 9.52 Å². The number of benzene rings is 2. The molecule has 0 saturated heterocycles. The predicted molar refractivity (Wildman–Crippen MR) is 78.5 cm³/mol. The van der Waals surface area contributed by atoms with Gasteiger partial charge in [0, 0.05) is 10.8 Å². The molecule has 1 aliphatic rings. The maximum absolute atomic E-state index is 13.7. The van der Waals surface area contributed by atoms with Crippen LogP contribution in [0.25, 0.3) is 11.0 Å². The number of para-hydroxylation sites is 1. The topological polar surface area (TPSA) is 33.4 Å². The van der Waals surface area contributed by atoms with Gasteiger partial charge in [-0.15, -0.1) is 0 Å². The third-order valence-corrected chi connectivity index (χ3v) is 4.45. The minimum Gasteiger partial charge on any atom is -0.455 e. The van der Waals surface area contributed by atoms with Crippen LogP contribution in [-0.4, -0.2) is 5.11 Å². The summed E-state index contributed by atoms with van der Waals surface area (Å²) in [5.74, 6) is 0.0481. The molecule has 0 amide bonds. The summed E-state index contributed by atoms with van der Waals surface area (Å²) < 4.78 is 19.3. The molecule has 0 radical (unpaired) electrons. The molecule has 1 atom stereocenters. The smallest absolute Gasteiger partial charge is 0.170 e. The Labute approximate surface area is 121 Å². The van der Waals surface area contributed by atoms with E-state index in [2.05, 4.69) is 0 Å². The minimum atomic E-state index is -0.744. The maximum Gasteiger partial charge on any atom is 0.170 e. The summed E-state index contributed by atoms with van der Waals surface area (Å²) >= 11 is 0. The summed E-state index contributed by atoms with van der Waals surface area (Å²) in [6, 6.07) is 16.5. The van der Waals surface area contributed by atoms with Crippen LogP contribution >= 0.6 is 0 Å². The van der Waals surface area contributed by atoms with Gasteiger partial charge in [-0.25, -0.2) is 4.39 Å². The Morgan fingerprint density at radius 3 is 2.48 bits per heavy atom. The fourth-order valence-electron chi connectivity index (χ4n) is 3.08. The zero-order valence-corrected chi connectivity index (χ0v) is 11.4. The van der Waals surface area contributed by atoms with Gasteiger partial charge in [-0.3, -0.25) is 0 Å². The van der Waals surface area contributed by atoms with E-state index in [1.165, 1.54) is 6.07 Å². The molecule has 106 valence electrons. The van der Waals surface area contributed by atoms with Crippen molar-refractivity contribution in [2.24, 2.45) is 0 Å². The summed E-state index contributed by atoms with van der Waals surface area (Å²) in [7, 11) is 0. The standard InChI is InChI=1S/C18H15FO2/c19-14-8-4-5-12-11-15(21-16(12)14)17(20)18(9-10-18)13-6-2-1-3-7-13/h1-8,11,17,20H,9-10H2. The third kappa shape index (κ3) is 1.88. The summed E-state index contributed by atoms with van der Waals surface area (Å²) in [6.45, 7) is 0. The molecule has 2 aromatic carbocycles. The molecule has 3 aromatic rings. The van der Waals surface area contributed by atoms with Crippen LogP contribution in [0.2, 0.25) is 0 Å². The van der Waals surface area contributed by atoms with Gasteiger partial charge in [0.25, 0.3) is 0 Å². The maximum atomic E-state index is 13.7. The van der Waals surface area contributed by atoms with Crippen LogP contribution in [0, 0.1) is 5.82 Å². The molecule has 2 nitrogen and oxygen atoms in total. The zero-order chi connectivity index (χ0) is 14.4. The highest BCUT2D eigenvalue weighted by Crippen LogP contribution is 2.56. The summed E-state index contributed by atoms with van der Waals surface area (Å²) in [4.78, 5) is 0. The highest BCUT2D eigenvalue weighted by Gasteiger charge is 2.52. The molecule has 4 rings (SSSR count). The Morgan fingerprint density at radius 2 is 1.81 bits per heavy atom. The summed E-state index contributed by atoms with van der Waals surface area (Å²) in [5, 5.41) is 11.4. The van der Waals surface area contributed by atoms with Crippen molar-refractivity contribution in [2.45, 2.75) is 24.4 Å². The molecule has 1 heterocycles. The molecule has 1 N–H and O–H groups in total. The number of hydrogen-bond acceptors (Lipinski definition) is 2. The van der Waals surface area contributed by atoms with E-state index in [0.29, 0.717) is 11.1 Å². The molecule has 3 heteroatoms. The molecule has 1 aliphatic carbocycles. The van der Waals surface area contributed by atoms with Crippen LogP contribution in [0.1, 0.15) is 30.3 Å². The SMILES string of the molecule is OC(c1cc2cccc(F)c2o1)C1(c2ccccc2)CC1. The number of furan rings is 1. The lowest BCUT2D eigenvalue weighted by Crippen LogP contribution is -2.17. The van der Waals surface area contributed by atoms with E-state index in [1.807, 2.05) is 30.3 Å². The van der Waals surface area contributed by atoms with Gasteiger partial charge in [0.2, 0.25) is 0 Å². The van der Waals surface area contributed by atoms with E-state index in [9.17, 15) is 9.50 Å². The Hall–Kier alpha value is -2.13. The first-order valence-electron chi connectivity index (χ1n) is 7.12. The van der Waals surface area contributed by atoms with Crippen molar-refractivity contribution in [2.75, 3.05) is 0 Å². The Kier molecular flexibility index (Phi) is 2.66. The van der Waals surface area contributed by atoms with E-state index in [1.54, 1.807) is 18.2 Å². The van der Waals surface area contributed by atoms with Crippen LogP contribution in [0.5, 0.6) is 0 Å². The lowest BCUT2D eigenvalue weighted by Gasteiger charge is -2.20. The second-order valence-electron chi connectivity index (χ2n) is 5.73. The second-order valence-corrected chi connectivity index (χ2v) is 5.73. The van der Waals surface area contributed by atoms with Crippen molar-refractivity contribution in [1.82, 2.24) is 0 Å². The largest absolute Gasteiger partial charge is 0.455 e. The van der Waals surface area contributed by atoms with Crippen molar-refractivity contribution in [3.63, 3.8) is 0 Å². The van der Waals surface area contributed by atoms with Gasteiger partial charge in [0.05, 0.1) is 0 Å². The fourth-order valence-corrected chi connectivity index (χ4v) is 3.08. The first-order valence-corrected chi connectivity index (χ1v) is 7.12. The molecule has 1 saturated carbocycles. The van der Waals surface area contributed by atoms with Crippen molar-refractivity contribution < 1.29 is 13.9 Å². The van der Waals surface area contributed by atoms with Crippen molar-refractivity contribution in [1.29, 1.82) is 0 Å². The first-order chi connectivity index (χ1) is 10.2. The number of rotatable bonds is 3. The molecule has 0 aliphatic heterocycles. The lowest BCUT2D eigenvalue weighted by molar-refractivity contribution is 0.110. The number of fused-ring (bicyclic) bond motifs is 1. The molecule has 0 spiro atoms. The molecular weight excluding hydrogens is 267 g/mol. The molecule has 1 fully saturated rings. The normalized spacial score (nSPS) is 17.8. The molecule has 1 aromatic heterocycles. The fraction of sp³-hybridized carbons (Fsp3) is 0.222. The van der Waals surface area contributed by atoms with E-state index in [4.69, 9.17) is 4.42 Å². The Morgan fingerprint density at radius 1 is 1.05 bits per heavy atom. The second kappa shape index (κ2) is 4.43. The molecule has 0 bridgehead atoms. The highest BCUT2D eigenvalue weighted by atomic mass is 19.1. The summed E-state index contributed by atoms with van der Waals surface area (Å²) in [5.41, 5.74) is 1.04. The average Bonchev–Trinajstić information content (AvgIpc) is 3.21. The molecular formula is C18H15FO2. The predicted octanol–water partition coefficient (Wildman–Crippen LogP) is 4.34. The highest BCUT2D eigenvalue weighted by molar-refractivity contribution is 5.78. The van der Waals surface area contributed by atoms with Crippen LogP contribution < -0.4 is 0 Å². The number of aliphatic hydroxyl groups excluding tert-OH is 1. The van der Waals surface area contributed by atoms with Crippen LogP contribution in [0.15, 0.2) is 59.0 Å². The van der Waals surface area contributed by atoms with E-state index in [-0.39, 0.29) is 11.0 Å². The number of hydrogen-bond donors (Lipinski definition) is 1. The van der Waals surface area contributed by atoms with Gasteiger partial charge in [-0.2, -0.15) is 0 Å². The van der Waals surface area contributed by atoms with Gasteiger partial charge in [-0.05, 0) is 30.5 Å². The third-order valence-electron chi connectivity index (χ3n) is 4.45. The first kappa shape index (κ1) is 12.6. The average molecular weight is 282 g/mol. The van der Waals surface area contributed by atoms with E-state index in [0.717, 1.165) is 18.4 Å². The Balaban J connectivity index is 1.77. The lowest BCUT2D eigenvalue weighted by atomic mass is 9.88. The van der Waals surface area contributed by atoms with Crippen molar-refractivity contribution in [3.05, 3.63) is 71.7 Å². The van der Waals surface area contributed by atoms with Gasteiger partial charge >= 0.3 is 0 Å².